The highest BCUT2D eigenvalue weighted by Crippen LogP contribution is 2.28. The molecule has 35 heavy (non-hydrogen) atoms. The lowest BCUT2D eigenvalue weighted by molar-refractivity contribution is -0.116. The summed E-state index contributed by atoms with van der Waals surface area (Å²) < 4.78 is 28.3. The van der Waals surface area contributed by atoms with Crippen LogP contribution in [-0.2, 0) is 11.3 Å². The summed E-state index contributed by atoms with van der Waals surface area (Å²) in [6.07, 6.45) is 2.23. The van der Waals surface area contributed by atoms with E-state index in [4.69, 9.17) is 0 Å². The number of imidazole rings is 1. The number of aromatic nitrogens is 2. The Kier molecular flexibility index (Phi) is 7.62. The SMILES string of the molecule is O=C(CCCNC(=O)c1ccc(F)cc1)Nc1c(-c2ccc(F)cc2)ncn1Cc1ccccc1. The van der Waals surface area contributed by atoms with Gasteiger partial charge < -0.3 is 15.2 Å². The van der Waals surface area contributed by atoms with Gasteiger partial charge in [0.1, 0.15) is 23.1 Å². The van der Waals surface area contributed by atoms with Gasteiger partial charge in [0, 0.05) is 24.1 Å². The second-order valence-corrected chi connectivity index (χ2v) is 7.98. The van der Waals surface area contributed by atoms with E-state index in [0.717, 1.165) is 5.56 Å². The largest absolute Gasteiger partial charge is 0.352 e. The van der Waals surface area contributed by atoms with Crippen LogP contribution < -0.4 is 10.6 Å². The van der Waals surface area contributed by atoms with Crippen LogP contribution in [0.5, 0.6) is 0 Å². The molecule has 0 spiro atoms. The Morgan fingerprint density at radius 1 is 0.857 bits per heavy atom. The predicted octanol–water partition coefficient (Wildman–Crippen LogP) is 5.03. The lowest BCUT2D eigenvalue weighted by atomic mass is 10.1. The minimum atomic E-state index is -0.412. The number of nitrogens with one attached hydrogen (secondary N) is 2. The third-order valence-corrected chi connectivity index (χ3v) is 5.38. The van der Waals surface area contributed by atoms with Crippen molar-refractivity contribution in [2.24, 2.45) is 0 Å². The summed E-state index contributed by atoms with van der Waals surface area (Å²) in [5, 5.41) is 5.66. The number of anilines is 1. The van der Waals surface area contributed by atoms with E-state index < -0.39 is 5.82 Å². The van der Waals surface area contributed by atoms with Gasteiger partial charge in [0.25, 0.3) is 5.91 Å². The van der Waals surface area contributed by atoms with Gasteiger partial charge in [-0.1, -0.05) is 30.3 Å². The zero-order valence-corrected chi connectivity index (χ0v) is 18.9. The summed E-state index contributed by atoms with van der Waals surface area (Å²) in [5.74, 6) is -0.819. The monoisotopic (exact) mass is 474 g/mol. The van der Waals surface area contributed by atoms with Crippen LogP contribution in [0.25, 0.3) is 11.3 Å². The minimum Gasteiger partial charge on any atom is -0.352 e. The Morgan fingerprint density at radius 3 is 2.20 bits per heavy atom. The smallest absolute Gasteiger partial charge is 0.251 e. The highest BCUT2D eigenvalue weighted by Gasteiger charge is 2.16. The first kappa shape index (κ1) is 23.8. The molecule has 2 N–H and O–H groups in total. The number of benzene rings is 3. The molecule has 4 aromatic rings. The average molecular weight is 475 g/mol. The summed E-state index contributed by atoms with van der Waals surface area (Å²) >= 11 is 0. The third kappa shape index (κ3) is 6.38. The van der Waals surface area contributed by atoms with Crippen LogP contribution in [0.1, 0.15) is 28.8 Å². The number of carbonyl (C=O) groups excluding carboxylic acids is 2. The lowest BCUT2D eigenvalue weighted by Gasteiger charge is -2.12. The van der Waals surface area contributed by atoms with Crippen LogP contribution in [0.2, 0.25) is 0 Å². The van der Waals surface area contributed by atoms with Crippen LogP contribution in [0.4, 0.5) is 14.6 Å². The maximum atomic E-state index is 13.4. The molecule has 0 radical (unpaired) electrons. The molecule has 0 unspecified atom stereocenters. The zero-order valence-electron chi connectivity index (χ0n) is 18.9. The van der Waals surface area contributed by atoms with Crippen molar-refractivity contribution in [1.82, 2.24) is 14.9 Å². The predicted molar refractivity (Wildman–Crippen MR) is 130 cm³/mol. The van der Waals surface area contributed by atoms with Gasteiger partial charge in [-0.25, -0.2) is 13.8 Å². The quantitative estimate of drug-likeness (QED) is 0.334. The third-order valence-electron chi connectivity index (χ3n) is 5.38. The number of carbonyl (C=O) groups is 2. The summed E-state index contributed by atoms with van der Waals surface area (Å²) in [7, 11) is 0. The molecule has 4 rings (SSSR count). The minimum absolute atomic E-state index is 0.170. The van der Waals surface area contributed by atoms with Crippen molar-refractivity contribution in [3.63, 3.8) is 0 Å². The maximum Gasteiger partial charge on any atom is 0.251 e. The van der Waals surface area contributed by atoms with Gasteiger partial charge in [-0.3, -0.25) is 9.59 Å². The first-order chi connectivity index (χ1) is 17.0. The molecule has 0 bridgehead atoms. The van der Waals surface area contributed by atoms with Crippen molar-refractivity contribution < 1.29 is 18.4 Å². The number of amides is 2. The number of halogens is 2. The van der Waals surface area contributed by atoms with E-state index in [2.05, 4.69) is 15.6 Å². The van der Waals surface area contributed by atoms with Gasteiger partial charge in [0.05, 0.1) is 12.9 Å². The van der Waals surface area contributed by atoms with Gasteiger partial charge in [-0.15, -0.1) is 0 Å². The molecule has 0 aliphatic carbocycles. The van der Waals surface area contributed by atoms with E-state index in [1.807, 2.05) is 34.9 Å². The van der Waals surface area contributed by atoms with Gasteiger partial charge in [0.15, 0.2) is 0 Å². The van der Waals surface area contributed by atoms with Gasteiger partial charge in [-0.05, 0) is 60.5 Å². The summed E-state index contributed by atoms with van der Waals surface area (Å²) in [6, 6.07) is 20.9. The van der Waals surface area contributed by atoms with Gasteiger partial charge in [0.2, 0.25) is 5.91 Å². The number of nitrogens with zero attached hydrogens (tertiary/aromatic N) is 2. The molecule has 3 aromatic carbocycles. The van der Waals surface area contributed by atoms with Crippen molar-refractivity contribution in [1.29, 1.82) is 0 Å². The van der Waals surface area contributed by atoms with Crippen molar-refractivity contribution in [3.05, 3.63) is 108 Å². The molecule has 0 saturated heterocycles. The molecule has 2 amide bonds. The molecule has 0 aliphatic heterocycles. The Bertz CT molecular complexity index is 1290. The van der Waals surface area contributed by atoms with E-state index in [1.165, 1.54) is 36.4 Å². The van der Waals surface area contributed by atoms with Crippen LogP contribution in [0.3, 0.4) is 0 Å². The van der Waals surface area contributed by atoms with Gasteiger partial charge in [-0.2, -0.15) is 0 Å². The Labute approximate surface area is 201 Å². The molecule has 0 aliphatic rings. The fourth-order valence-electron chi connectivity index (χ4n) is 3.58. The molecule has 0 saturated carbocycles. The highest BCUT2D eigenvalue weighted by molar-refractivity contribution is 5.95. The topological polar surface area (TPSA) is 76.0 Å². The molecule has 1 heterocycles. The lowest BCUT2D eigenvalue weighted by Crippen LogP contribution is -2.25. The summed E-state index contributed by atoms with van der Waals surface area (Å²) in [4.78, 5) is 29.3. The second-order valence-electron chi connectivity index (χ2n) is 7.98. The first-order valence-electron chi connectivity index (χ1n) is 11.2. The first-order valence-corrected chi connectivity index (χ1v) is 11.2. The standard InChI is InChI=1S/C27H24F2N4O2/c28-22-12-8-20(9-13-22)25-26(33(18-31-25)17-19-5-2-1-3-6-19)32-24(34)7-4-16-30-27(35)21-10-14-23(29)15-11-21/h1-3,5-6,8-15,18H,4,7,16-17H2,(H,30,35)(H,32,34). The van der Waals surface area contributed by atoms with E-state index in [1.54, 1.807) is 18.5 Å². The number of rotatable bonds is 9. The van der Waals surface area contributed by atoms with Gasteiger partial charge >= 0.3 is 0 Å². The molecule has 0 fully saturated rings. The van der Waals surface area contributed by atoms with Crippen LogP contribution in [0, 0.1) is 11.6 Å². The van der Waals surface area contributed by atoms with E-state index in [0.29, 0.717) is 35.6 Å². The summed E-state index contributed by atoms with van der Waals surface area (Å²) in [6.45, 7) is 0.788. The van der Waals surface area contributed by atoms with Crippen molar-refractivity contribution in [2.45, 2.75) is 19.4 Å². The average Bonchev–Trinajstić information content (AvgIpc) is 3.25. The maximum absolute atomic E-state index is 13.4. The van der Waals surface area contributed by atoms with Crippen molar-refractivity contribution in [3.8, 4) is 11.3 Å². The molecule has 178 valence electrons. The molecule has 0 atom stereocenters. The molecule has 8 heteroatoms. The van der Waals surface area contributed by atoms with Crippen LogP contribution >= 0.6 is 0 Å². The van der Waals surface area contributed by atoms with E-state index in [-0.39, 0.29) is 30.6 Å². The normalized spacial score (nSPS) is 10.7. The molecule has 6 nitrogen and oxygen atoms in total. The van der Waals surface area contributed by atoms with Crippen molar-refractivity contribution >= 4 is 17.6 Å². The Balaban J connectivity index is 1.41. The molecular weight excluding hydrogens is 450 g/mol. The number of hydrogen-bond acceptors (Lipinski definition) is 3. The fourth-order valence-corrected chi connectivity index (χ4v) is 3.58. The van der Waals surface area contributed by atoms with E-state index in [9.17, 15) is 18.4 Å². The Morgan fingerprint density at radius 2 is 1.51 bits per heavy atom. The molecule has 1 aromatic heterocycles. The molecular formula is C27H24F2N4O2. The van der Waals surface area contributed by atoms with E-state index >= 15 is 0 Å². The van der Waals surface area contributed by atoms with Crippen LogP contribution in [0.15, 0.2) is 85.2 Å². The number of hydrogen-bond donors (Lipinski definition) is 2. The van der Waals surface area contributed by atoms with Crippen LogP contribution in [-0.4, -0.2) is 27.9 Å². The highest BCUT2D eigenvalue weighted by atomic mass is 19.1. The fraction of sp³-hybridized carbons (Fsp3) is 0.148. The summed E-state index contributed by atoms with van der Waals surface area (Å²) in [5.41, 5.74) is 2.61. The van der Waals surface area contributed by atoms with Crippen molar-refractivity contribution in [2.75, 3.05) is 11.9 Å². The Hall–Kier alpha value is -4.33. The second kappa shape index (κ2) is 11.2. The zero-order chi connectivity index (χ0) is 24.6.